The van der Waals surface area contributed by atoms with Crippen molar-refractivity contribution in [2.75, 3.05) is 5.73 Å². The Labute approximate surface area is 145 Å². The van der Waals surface area contributed by atoms with Gasteiger partial charge in [0.1, 0.15) is 11.6 Å². The first-order chi connectivity index (χ1) is 12.0. The van der Waals surface area contributed by atoms with Crippen molar-refractivity contribution >= 4 is 11.8 Å². The molecular formula is C19H21N3O3. The number of aliphatic carboxylic acids is 1. The van der Waals surface area contributed by atoms with Crippen LogP contribution in [0.4, 0.5) is 5.82 Å². The molecule has 2 aliphatic carbocycles. The lowest BCUT2D eigenvalue weighted by molar-refractivity contribution is -0.181. The zero-order valence-electron chi connectivity index (χ0n) is 13.9. The van der Waals surface area contributed by atoms with Crippen LogP contribution < -0.4 is 5.73 Å². The van der Waals surface area contributed by atoms with Gasteiger partial charge in [-0.3, -0.25) is 4.79 Å². The molecular weight excluding hydrogens is 318 g/mol. The van der Waals surface area contributed by atoms with Gasteiger partial charge in [0.05, 0.1) is 11.6 Å². The van der Waals surface area contributed by atoms with Crippen LogP contribution in [0.5, 0.6) is 5.75 Å². The Bertz CT molecular complexity index is 838. The van der Waals surface area contributed by atoms with Crippen LogP contribution in [0.3, 0.4) is 0 Å². The normalized spacial score (nSPS) is 27.0. The summed E-state index contributed by atoms with van der Waals surface area (Å²) in [5.41, 5.74) is 8.31. The Morgan fingerprint density at radius 2 is 2.12 bits per heavy atom. The molecule has 0 saturated heterocycles. The number of para-hydroxylation sites is 1. The molecule has 2 saturated carbocycles. The van der Waals surface area contributed by atoms with Gasteiger partial charge in [0.15, 0.2) is 0 Å². The standard InChI is InChI=1S/C19H21N3O3/c20-17-11(5-7-19-8-6-14(19)13(10-19)18(24)25)9-15(21-22-17)12-3-1-2-4-16(12)23/h1-4,9,13-14,23H,5-8,10H2,(H2,20,22)(H,24,25). The van der Waals surface area contributed by atoms with Crippen LogP contribution in [0, 0.1) is 17.3 Å². The number of aryl methyl sites for hydroxylation is 1. The van der Waals surface area contributed by atoms with Gasteiger partial charge in [-0.2, -0.15) is 0 Å². The number of hydrogen-bond acceptors (Lipinski definition) is 5. The fraction of sp³-hybridized carbons (Fsp3) is 0.421. The molecule has 1 aromatic heterocycles. The van der Waals surface area contributed by atoms with Crippen molar-refractivity contribution in [1.29, 1.82) is 0 Å². The molecule has 0 amide bonds. The summed E-state index contributed by atoms with van der Waals surface area (Å²) in [7, 11) is 0. The number of hydrogen-bond donors (Lipinski definition) is 3. The van der Waals surface area contributed by atoms with E-state index in [2.05, 4.69) is 10.2 Å². The van der Waals surface area contributed by atoms with E-state index in [-0.39, 0.29) is 17.1 Å². The van der Waals surface area contributed by atoms with E-state index in [0.717, 1.165) is 37.7 Å². The molecule has 6 nitrogen and oxygen atoms in total. The first kappa shape index (κ1) is 15.9. The van der Waals surface area contributed by atoms with Gasteiger partial charge < -0.3 is 15.9 Å². The van der Waals surface area contributed by atoms with E-state index in [4.69, 9.17) is 5.73 Å². The molecule has 2 aromatic rings. The van der Waals surface area contributed by atoms with Gasteiger partial charge in [0.25, 0.3) is 0 Å². The SMILES string of the molecule is Nc1nnc(-c2ccccc2O)cc1CCC12CCC1C(C(=O)O)C2. The van der Waals surface area contributed by atoms with Crippen LogP contribution in [-0.4, -0.2) is 26.4 Å². The maximum Gasteiger partial charge on any atom is 0.306 e. The van der Waals surface area contributed by atoms with Crippen molar-refractivity contribution in [2.45, 2.75) is 32.1 Å². The number of nitrogens with zero attached hydrogens (tertiary/aromatic N) is 2. The van der Waals surface area contributed by atoms with Crippen LogP contribution in [-0.2, 0) is 11.2 Å². The minimum atomic E-state index is -0.660. The van der Waals surface area contributed by atoms with Crippen molar-refractivity contribution in [3.8, 4) is 17.0 Å². The minimum Gasteiger partial charge on any atom is -0.507 e. The third kappa shape index (κ3) is 2.52. The number of rotatable bonds is 5. The summed E-state index contributed by atoms with van der Waals surface area (Å²) in [6.45, 7) is 0. The van der Waals surface area contributed by atoms with Crippen molar-refractivity contribution in [1.82, 2.24) is 10.2 Å². The fourth-order valence-electron chi connectivity index (χ4n) is 4.54. The van der Waals surface area contributed by atoms with Crippen LogP contribution in [0.2, 0.25) is 0 Å². The van der Waals surface area contributed by atoms with E-state index in [9.17, 15) is 15.0 Å². The summed E-state index contributed by atoms with van der Waals surface area (Å²) >= 11 is 0. The highest BCUT2D eigenvalue weighted by Gasteiger charge is 2.61. The molecule has 2 aliphatic rings. The van der Waals surface area contributed by atoms with Gasteiger partial charge in [0.2, 0.25) is 0 Å². The van der Waals surface area contributed by atoms with Gasteiger partial charge in [-0.1, -0.05) is 12.1 Å². The average molecular weight is 339 g/mol. The van der Waals surface area contributed by atoms with E-state index in [1.165, 1.54) is 0 Å². The summed E-state index contributed by atoms with van der Waals surface area (Å²) in [5.74, 6) is 0.0541. The number of nitrogens with two attached hydrogens (primary N) is 1. The summed E-state index contributed by atoms with van der Waals surface area (Å²) < 4.78 is 0. The lowest BCUT2D eigenvalue weighted by Gasteiger charge is -2.62. The van der Waals surface area contributed by atoms with E-state index in [1.807, 2.05) is 12.1 Å². The second-order valence-electron chi connectivity index (χ2n) is 7.31. The molecule has 1 heterocycles. The monoisotopic (exact) mass is 339 g/mol. The second kappa shape index (κ2) is 5.72. The van der Waals surface area contributed by atoms with E-state index < -0.39 is 5.97 Å². The Morgan fingerprint density at radius 3 is 2.76 bits per heavy atom. The van der Waals surface area contributed by atoms with Gasteiger partial charge in [-0.05, 0) is 67.2 Å². The highest BCUT2D eigenvalue weighted by atomic mass is 16.4. The topological polar surface area (TPSA) is 109 Å². The van der Waals surface area contributed by atoms with Crippen molar-refractivity contribution in [2.24, 2.45) is 17.3 Å². The third-order valence-electron chi connectivity index (χ3n) is 6.15. The summed E-state index contributed by atoms with van der Waals surface area (Å²) in [6, 6.07) is 8.89. The Morgan fingerprint density at radius 1 is 1.32 bits per heavy atom. The Hall–Kier alpha value is -2.63. The minimum absolute atomic E-state index is 0.161. The number of phenols is 1. The molecule has 130 valence electrons. The predicted molar refractivity (Wildman–Crippen MR) is 92.8 cm³/mol. The Balaban J connectivity index is 1.51. The van der Waals surface area contributed by atoms with E-state index >= 15 is 0 Å². The van der Waals surface area contributed by atoms with Crippen molar-refractivity contribution in [3.63, 3.8) is 0 Å². The highest BCUT2D eigenvalue weighted by Crippen LogP contribution is 2.66. The molecule has 0 bridgehead atoms. The van der Waals surface area contributed by atoms with Crippen molar-refractivity contribution < 1.29 is 15.0 Å². The van der Waals surface area contributed by atoms with E-state index in [0.29, 0.717) is 23.0 Å². The molecule has 4 rings (SSSR count). The summed E-state index contributed by atoms with van der Waals surface area (Å²) in [5, 5.41) is 27.4. The zero-order chi connectivity index (χ0) is 17.6. The highest BCUT2D eigenvalue weighted by molar-refractivity contribution is 5.72. The zero-order valence-corrected chi connectivity index (χ0v) is 13.9. The number of anilines is 1. The number of fused-ring (bicyclic) bond motifs is 1. The largest absolute Gasteiger partial charge is 0.507 e. The summed E-state index contributed by atoms with van der Waals surface area (Å²) in [4.78, 5) is 11.2. The molecule has 0 radical (unpaired) electrons. The number of carboxylic acids is 1. The molecule has 6 heteroatoms. The van der Waals surface area contributed by atoms with Crippen LogP contribution in [0.1, 0.15) is 31.2 Å². The average Bonchev–Trinajstić information content (AvgIpc) is 2.58. The van der Waals surface area contributed by atoms with Gasteiger partial charge in [0, 0.05) is 5.56 Å². The summed E-state index contributed by atoms with van der Waals surface area (Å²) in [6.07, 6.45) is 4.58. The first-order valence-electron chi connectivity index (χ1n) is 8.63. The van der Waals surface area contributed by atoms with E-state index in [1.54, 1.807) is 18.2 Å². The maximum absolute atomic E-state index is 11.2. The molecule has 3 atom stereocenters. The number of aromatic hydroxyl groups is 1. The number of phenolic OH excluding ortho intramolecular Hbond substituents is 1. The molecule has 4 N–H and O–H groups in total. The molecule has 3 unspecified atom stereocenters. The second-order valence-corrected chi connectivity index (χ2v) is 7.31. The van der Waals surface area contributed by atoms with Gasteiger partial charge >= 0.3 is 5.97 Å². The van der Waals surface area contributed by atoms with Crippen LogP contribution in [0.15, 0.2) is 30.3 Å². The number of aromatic nitrogens is 2. The first-order valence-corrected chi connectivity index (χ1v) is 8.63. The van der Waals surface area contributed by atoms with Crippen LogP contribution in [0.25, 0.3) is 11.3 Å². The lowest BCUT2D eigenvalue weighted by atomic mass is 9.41. The molecule has 2 fully saturated rings. The molecule has 25 heavy (non-hydrogen) atoms. The number of benzene rings is 1. The molecule has 0 spiro atoms. The predicted octanol–water partition coefficient (Wildman–Crippen LogP) is 2.86. The quantitative estimate of drug-likeness (QED) is 0.773. The van der Waals surface area contributed by atoms with Gasteiger partial charge in [-0.15, -0.1) is 10.2 Å². The maximum atomic E-state index is 11.2. The lowest BCUT2D eigenvalue weighted by Crippen LogP contribution is -2.58. The number of nitrogen functional groups attached to an aromatic ring is 1. The Kier molecular flexibility index (Phi) is 3.63. The smallest absolute Gasteiger partial charge is 0.306 e. The molecule has 0 aliphatic heterocycles. The number of carbonyl (C=O) groups is 1. The number of carboxylic acid groups (broad SMARTS) is 1. The van der Waals surface area contributed by atoms with Crippen molar-refractivity contribution in [3.05, 3.63) is 35.9 Å². The van der Waals surface area contributed by atoms with Crippen LogP contribution >= 0.6 is 0 Å². The fourth-order valence-corrected chi connectivity index (χ4v) is 4.54. The third-order valence-corrected chi connectivity index (χ3v) is 6.15. The molecule has 1 aromatic carbocycles. The van der Waals surface area contributed by atoms with Gasteiger partial charge in [-0.25, -0.2) is 0 Å².